The Morgan fingerprint density at radius 1 is 1.25 bits per heavy atom. The van der Waals surface area contributed by atoms with E-state index in [1.807, 2.05) is 18.2 Å². The van der Waals surface area contributed by atoms with Crippen molar-refractivity contribution in [3.63, 3.8) is 0 Å². The van der Waals surface area contributed by atoms with Gasteiger partial charge in [0.15, 0.2) is 11.5 Å². The van der Waals surface area contributed by atoms with Gasteiger partial charge in [0.1, 0.15) is 6.10 Å². The Kier molecular flexibility index (Phi) is 4.99. The molecular formula is C19H27NO4. The summed E-state index contributed by atoms with van der Waals surface area (Å²) in [6.07, 6.45) is 5.63. The van der Waals surface area contributed by atoms with Gasteiger partial charge in [-0.1, -0.05) is 18.9 Å². The summed E-state index contributed by atoms with van der Waals surface area (Å²) in [7, 11) is 3.72. The van der Waals surface area contributed by atoms with Crippen LogP contribution in [0.1, 0.15) is 44.1 Å². The Hall–Kier alpha value is -1.75. The van der Waals surface area contributed by atoms with Crippen LogP contribution in [-0.2, 0) is 10.2 Å². The summed E-state index contributed by atoms with van der Waals surface area (Å²) in [4.78, 5) is 14.2. The number of methoxy groups -OCH3 is 1. The normalized spacial score (nSPS) is 23.8. The summed E-state index contributed by atoms with van der Waals surface area (Å²) >= 11 is 0. The van der Waals surface area contributed by atoms with Crippen LogP contribution in [0.5, 0.6) is 11.5 Å². The van der Waals surface area contributed by atoms with Crippen molar-refractivity contribution in [3.8, 4) is 11.5 Å². The molecule has 24 heavy (non-hydrogen) atoms. The molecule has 5 heteroatoms. The zero-order chi connectivity index (χ0) is 17.2. The van der Waals surface area contributed by atoms with Crippen molar-refractivity contribution >= 4 is 5.97 Å². The number of likely N-dealkylation sites (tertiary alicyclic amines) is 1. The van der Waals surface area contributed by atoms with E-state index >= 15 is 0 Å². The van der Waals surface area contributed by atoms with Gasteiger partial charge >= 0.3 is 5.97 Å². The molecule has 132 valence electrons. The second-order valence-electron chi connectivity index (χ2n) is 7.10. The van der Waals surface area contributed by atoms with Crippen LogP contribution in [0.15, 0.2) is 18.2 Å². The Balaban J connectivity index is 1.84. The van der Waals surface area contributed by atoms with E-state index in [9.17, 15) is 9.90 Å². The SMILES string of the molecule is COc1cc(C2(C(=O)O)CCCC2)ccc1OC1CCCN(C)C1. The molecule has 2 fully saturated rings. The van der Waals surface area contributed by atoms with Crippen molar-refractivity contribution in [2.75, 3.05) is 27.2 Å². The highest BCUT2D eigenvalue weighted by Crippen LogP contribution is 2.44. The number of likely N-dealkylation sites (N-methyl/N-ethyl adjacent to an activating group) is 1. The lowest BCUT2D eigenvalue weighted by Crippen LogP contribution is -2.38. The molecule has 1 aliphatic carbocycles. The number of carboxylic acids is 1. The van der Waals surface area contributed by atoms with Crippen LogP contribution in [0.3, 0.4) is 0 Å². The van der Waals surface area contributed by atoms with E-state index in [1.165, 1.54) is 0 Å². The highest BCUT2D eigenvalue weighted by atomic mass is 16.5. The zero-order valence-corrected chi connectivity index (χ0v) is 14.6. The molecule has 1 unspecified atom stereocenters. The first-order chi connectivity index (χ1) is 11.5. The molecule has 1 atom stereocenters. The molecule has 0 amide bonds. The zero-order valence-electron chi connectivity index (χ0n) is 14.6. The number of carboxylic acid groups (broad SMARTS) is 1. The molecule has 1 aliphatic heterocycles. The Bertz CT molecular complexity index is 595. The van der Waals surface area contributed by atoms with Crippen molar-refractivity contribution in [3.05, 3.63) is 23.8 Å². The first-order valence-electron chi connectivity index (χ1n) is 8.82. The van der Waals surface area contributed by atoms with Gasteiger partial charge in [-0.25, -0.2) is 0 Å². The summed E-state index contributed by atoms with van der Waals surface area (Å²) < 4.78 is 11.7. The maximum absolute atomic E-state index is 11.9. The third kappa shape index (κ3) is 3.22. The number of nitrogens with zero attached hydrogens (tertiary/aromatic N) is 1. The van der Waals surface area contributed by atoms with Crippen molar-refractivity contribution in [2.45, 2.75) is 50.0 Å². The predicted molar refractivity (Wildman–Crippen MR) is 91.9 cm³/mol. The number of aliphatic carboxylic acids is 1. The summed E-state index contributed by atoms with van der Waals surface area (Å²) in [6.45, 7) is 2.01. The highest BCUT2D eigenvalue weighted by Gasteiger charge is 2.43. The van der Waals surface area contributed by atoms with Gasteiger partial charge in [-0.05, 0) is 57.0 Å². The second kappa shape index (κ2) is 7.01. The molecule has 0 bridgehead atoms. The van der Waals surface area contributed by atoms with E-state index in [4.69, 9.17) is 9.47 Å². The summed E-state index contributed by atoms with van der Waals surface area (Å²) in [6, 6.07) is 5.65. The van der Waals surface area contributed by atoms with Crippen LogP contribution < -0.4 is 9.47 Å². The van der Waals surface area contributed by atoms with Crippen molar-refractivity contribution < 1.29 is 19.4 Å². The van der Waals surface area contributed by atoms with Crippen LogP contribution in [0.4, 0.5) is 0 Å². The van der Waals surface area contributed by atoms with Crippen LogP contribution >= 0.6 is 0 Å². The Morgan fingerprint density at radius 3 is 2.62 bits per heavy atom. The molecule has 0 spiro atoms. The van der Waals surface area contributed by atoms with Crippen LogP contribution in [0.25, 0.3) is 0 Å². The Labute approximate surface area is 143 Å². The van der Waals surface area contributed by atoms with Gasteiger partial charge in [0, 0.05) is 6.54 Å². The quantitative estimate of drug-likeness (QED) is 0.897. The number of benzene rings is 1. The van der Waals surface area contributed by atoms with E-state index in [0.717, 1.165) is 44.3 Å². The molecule has 0 aromatic heterocycles. The van der Waals surface area contributed by atoms with Gasteiger partial charge in [-0.2, -0.15) is 0 Å². The topological polar surface area (TPSA) is 59.0 Å². The highest BCUT2D eigenvalue weighted by molar-refractivity contribution is 5.82. The lowest BCUT2D eigenvalue weighted by Gasteiger charge is -2.31. The molecule has 1 N–H and O–H groups in total. The number of carbonyl (C=O) groups is 1. The molecule has 0 radical (unpaired) electrons. The van der Waals surface area contributed by atoms with Gasteiger partial charge in [0.2, 0.25) is 0 Å². The first kappa shape index (κ1) is 17.1. The minimum atomic E-state index is -0.767. The largest absolute Gasteiger partial charge is 0.493 e. The lowest BCUT2D eigenvalue weighted by atomic mass is 9.79. The minimum Gasteiger partial charge on any atom is -0.493 e. The van der Waals surface area contributed by atoms with Crippen LogP contribution in [-0.4, -0.2) is 49.3 Å². The fourth-order valence-corrected chi connectivity index (χ4v) is 4.06. The van der Waals surface area contributed by atoms with E-state index in [1.54, 1.807) is 7.11 Å². The Morgan fingerprint density at radius 2 is 2.00 bits per heavy atom. The lowest BCUT2D eigenvalue weighted by molar-refractivity contribution is -0.143. The number of piperidine rings is 1. The van der Waals surface area contributed by atoms with Crippen LogP contribution in [0.2, 0.25) is 0 Å². The van der Waals surface area contributed by atoms with Gasteiger partial charge in [0.25, 0.3) is 0 Å². The summed E-state index contributed by atoms with van der Waals surface area (Å²) in [5.74, 6) is 0.609. The smallest absolute Gasteiger partial charge is 0.314 e. The number of rotatable bonds is 5. The molecule has 1 aromatic carbocycles. The molecular weight excluding hydrogens is 306 g/mol. The van der Waals surface area contributed by atoms with Crippen molar-refractivity contribution in [1.29, 1.82) is 0 Å². The molecule has 1 aromatic rings. The molecule has 1 saturated carbocycles. The maximum atomic E-state index is 11.9. The molecule has 1 saturated heterocycles. The monoisotopic (exact) mass is 333 g/mol. The van der Waals surface area contributed by atoms with Gasteiger partial charge in [0.05, 0.1) is 12.5 Å². The molecule has 5 nitrogen and oxygen atoms in total. The van der Waals surface area contributed by atoms with Crippen LogP contribution in [0, 0.1) is 0 Å². The third-order valence-electron chi connectivity index (χ3n) is 5.46. The maximum Gasteiger partial charge on any atom is 0.314 e. The fraction of sp³-hybridized carbons (Fsp3) is 0.632. The fourth-order valence-electron chi connectivity index (χ4n) is 4.06. The van der Waals surface area contributed by atoms with E-state index in [0.29, 0.717) is 24.3 Å². The molecule has 2 aliphatic rings. The number of hydrogen-bond acceptors (Lipinski definition) is 4. The first-order valence-corrected chi connectivity index (χ1v) is 8.82. The summed E-state index contributed by atoms with van der Waals surface area (Å²) in [5.41, 5.74) is 0.0640. The number of hydrogen-bond donors (Lipinski definition) is 1. The third-order valence-corrected chi connectivity index (χ3v) is 5.46. The van der Waals surface area contributed by atoms with Gasteiger partial charge in [-0.15, -0.1) is 0 Å². The average Bonchev–Trinajstić information content (AvgIpc) is 3.06. The van der Waals surface area contributed by atoms with E-state index in [2.05, 4.69) is 11.9 Å². The van der Waals surface area contributed by atoms with E-state index in [-0.39, 0.29) is 6.10 Å². The van der Waals surface area contributed by atoms with E-state index < -0.39 is 11.4 Å². The summed E-state index contributed by atoms with van der Waals surface area (Å²) in [5, 5.41) is 9.76. The average molecular weight is 333 g/mol. The van der Waals surface area contributed by atoms with Gasteiger partial charge < -0.3 is 19.5 Å². The predicted octanol–water partition coefficient (Wildman–Crippen LogP) is 3.06. The minimum absolute atomic E-state index is 0.156. The van der Waals surface area contributed by atoms with Crippen molar-refractivity contribution in [2.24, 2.45) is 0 Å². The molecule has 3 rings (SSSR count). The van der Waals surface area contributed by atoms with Gasteiger partial charge in [-0.3, -0.25) is 4.79 Å². The van der Waals surface area contributed by atoms with Crippen molar-refractivity contribution in [1.82, 2.24) is 4.90 Å². The molecule has 1 heterocycles. The standard InChI is InChI=1S/C19H27NO4/c1-20-11-5-6-15(13-20)24-16-8-7-14(12-17(16)23-2)19(18(21)22)9-3-4-10-19/h7-8,12,15H,3-6,9-11,13H2,1-2H3,(H,21,22). The number of ether oxygens (including phenoxy) is 2. The second-order valence-corrected chi connectivity index (χ2v) is 7.10.